The SMILES string of the molecule is ClCOCCOC1CCCC1. The lowest BCUT2D eigenvalue weighted by atomic mass is 10.3. The van der Waals surface area contributed by atoms with Gasteiger partial charge >= 0.3 is 0 Å². The summed E-state index contributed by atoms with van der Waals surface area (Å²) in [5.74, 6) is 0. The molecule has 0 saturated heterocycles. The lowest BCUT2D eigenvalue weighted by Crippen LogP contribution is -2.12. The highest BCUT2D eigenvalue weighted by Crippen LogP contribution is 2.20. The number of alkyl halides is 1. The molecule has 1 saturated carbocycles. The van der Waals surface area contributed by atoms with Crippen molar-refractivity contribution in [3.05, 3.63) is 0 Å². The van der Waals surface area contributed by atoms with E-state index in [2.05, 4.69) is 0 Å². The van der Waals surface area contributed by atoms with Gasteiger partial charge in [0.25, 0.3) is 0 Å². The number of ether oxygens (including phenoxy) is 2. The van der Waals surface area contributed by atoms with E-state index < -0.39 is 0 Å². The van der Waals surface area contributed by atoms with Crippen molar-refractivity contribution in [1.82, 2.24) is 0 Å². The van der Waals surface area contributed by atoms with Gasteiger partial charge in [0, 0.05) is 0 Å². The normalized spacial score (nSPS) is 19.4. The minimum absolute atomic E-state index is 0.272. The van der Waals surface area contributed by atoms with E-state index in [4.69, 9.17) is 21.1 Å². The summed E-state index contributed by atoms with van der Waals surface area (Å²) < 4.78 is 10.5. The Bertz CT molecular complexity index is 92.1. The number of hydrogen-bond acceptors (Lipinski definition) is 2. The lowest BCUT2D eigenvalue weighted by Gasteiger charge is -2.09. The highest BCUT2D eigenvalue weighted by molar-refractivity contribution is 6.17. The number of hydrogen-bond donors (Lipinski definition) is 0. The molecule has 0 aromatic carbocycles. The first kappa shape index (κ1) is 9.30. The van der Waals surface area contributed by atoms with Gasteiger partial charge in [0.15, 0.2) is 0 Å². The topological polar surface area (TPSA) is 18.5 Å². The molecule has 0 aliphatic heterocycles. The third-order valence-corrected chi connectivity index (χ3v) is 2.11. The van der Waals surface area contributed by atoms with Crippen LogP contribution in [-0.2, 0) is 9.47 Å². The molecule has 0 aromatic heterocycles. The van der Waals surface area contributed by atoms with E-state index in [0.29, 0.717) is 19.3 Å². The first-order chi connectivity index (χ1) is 5.43. The Morgan fingerprint density at radius 1 is 1.18 bits per heavy atom. The largest absolute Gasteiger partial charge is 0.376 e. The first-order valence-electron chi connectivity index (χ1n) is 4.19. The van der Waals surface area contributed by atoms with Gasteiger partial charge in [0.1, 0.15) is 6.07 Å². The van der Waals surface area contributed by atoms with Crippen molar-refractivity contribution in [3.8, 4) is 0 Å². The maximum absolute atomic E-state index is 5.52. The van der Waals surface area contributed by atoms with Crippen molar-refractivity contribution < 1.29 is 9.47 Å². The van der Waals surface area contributed by atoms with E-state index in [0.717, 1.165) is 0 Å². The molecule has 0 spiro atoms. The van der Waals surface area contributed by atoms with Gasteiger partial charge in [0.05, 0.1) is 19.3 Å². The van der Waals surface area contributed by atoms with Gasteiger partial charge in [-0.1, -0.05) is 24.4 Å². The molecule has 3 heteroatoms. The van der Waals surface area contributed by atoms with Crippen molar-refractivity contribution >= 4 is 11.6 Å². The molecule has 0 aromatic rings. The van der Waals surface area contributed by atoms with Crippen LogP contribution in [0.2, 0.25) is 0 Å². The van der Waals surface area contributed by atoms with E-state index >= 15 is 0 Å². The maximum atomic E-state index is 5.52. The van der Waals surface area contributed by atoms with E-state index in [9.17, 15) is 0 Å². The maximum Gasteiger partial charge on any atom is 0.120 e. The number of halogens is 1. The summed E-state index contributed by atoms with van der Waals surface area (Å²) in [7, 11) is 0. The predicted octanol–water partition coefficient (Wildman–Crippen LogP) is 2.16. The molecule has 0 heterocycles. The predicted molar refractivity (Wildman–Crippen MR) is 44.9 cm³/mol. The van der Waals surface area contributed by atoms with Gasteiger partial charge in [0.2, 0.25) is 0 Å². The number of rotatable bonds is 5. The summed E-state index contributed by atoms with van der Waals surface area (Å²) in [5.41, 5.74) is 0. The fraction of sp³-hybridized carbons (Fsp3) is 1.00. The Hall–Kier alpha value is 0.210. The standard InChI is InChI=1S/C8H15ClO2/c9-7-10-5-6-11-8-3-1-2-4-8/h8H,1-7H2. The fourth-order valence-electron chi connectivity index (χ4n) is 1.38. The Morgan fingerprint density at radius 3 is 2.55 bits per heavy atom. The van der Waals surface area contributed by atoms with Gasteiger partial charge < -0.3 is 9.47 Å². The van der Waals surface area contributed by atoms with E-state index in [1.807, 2.05) is 0 Å². The summed E-state index contributed by atoms with van der Waals surface area (Å²) in [4.78, 5) is 0. The second-order valence-electron chi connectivity index (χ2n) is 2.79. The molecular weight excluding hydrogens is 164 g/mol. The molecule has 1 fully saturated rings. The van der Waals surface area contributed by atoms with Crippen LogP contribution in [0.15, 0.2) is 0 Å². The molecule has 1 aliphatic rings. The van der Waals surface area contributed by atoms with E-state index in [-0.39, 0.29) is 6.07 Å². The second kappa shape index (κ2) is 5.81. The van der Waals surface area contributed by atoms with Crippen molar-refractivity contribution in [3.63, 3.8) is 0 Å². The summed E-state index contributed by atoms with van der Waals surface area (Å²) in [6, 6.07) is 0.272. The average molecular weight is 179 g/mol. The molecule has 0 radical (unpaired) electrons. The van der Waals surface area contributed by atoms with Gasteiger partial charge in [-0.15, -0.1) is 0 Å². The quantitative estimate of drug-likeness (QED) is 0.475. The van der Waals surface area contributed by atoms with Gasteiger partial charge in [-0.2, -0.15) is 0 Å². The summed E-state index contributed by atoms with van der Waals surface area (Å²) in [6.45, 7) is 1.32. The Kier molecular flexibility index (Phi) is 4.91. The molecular formula is C8H15ClO2. The molecule has 0 bridgehead atoms. The molecule has 1 rings (SSSR count). The highest BCUT2D eigenvalue weighted by Gasteiger charge is 2.14. The van der Waals surface area contributed by atoms with E-state index in [1.54, 1.807) is 0 Å². The average Bonchev–Trinajstić information content (AvgIpc) is 2.50. The first-order valence-corrected chi connectivity index (χ1v) is 4.72. The molecule has 0 unspecified atom stereocenters. The van der Waals surface area contributed by atoms with Crippen LogP contribution in [0.25, 0.3) is 0 Å². The smallest absolute Gasteiger partial charge is 0.120 e. The summed E-state index contributed by atoms with van der Waals surface area (Å²) in [6.07, 6.45) is 5.58. The monoisotopic (exact) mass is 178 g/mol. The molecule has 0 amide bonds. The van der Waals surface area contributed by atoms with Crippen LogP contribution < -0.4 is 0 Å². The molecule has 2 nitrogen and oxygen atoms in total. The Labute approximate surface area is 72.8 Å². The lowest BCUT2D eigenvalue weighted by molar-refractivity contribution is 0.0174. The van der Waals surface area contributed by atoms with Crippen LogP contribution in [-0.4, -0.2) is 25.4 Å². The Morgan fingerprint density at radius 2 is 1.91 bits per heavy atom. The summed E-state index contributed by atoms with van der Waals surface area (Å²) in [5, 5.41) is 0. The van der Waals surface area contributed by atoms with Crippen LogP contribution in [0.4, 0.5) is 0 Å². The minimum Gasteiger partial charge on any atom is -0.376 e. The van der Waals surface area contributed by atoms with Crippen LogP contribution in [0, 0.1) is 0 Å². The second-order valence-corrected chi connectivity index (χ2v) is 3.01. The third-order valence-electron chi connectivity index (χ3n) is 1.96. The fourth-order valence-corrected chi connectivity index (χ4v) is 1.49. The Balaban J connectivity index is 1.86. The zero-order valence-corrected chi connectivity index (χ0v) is 7.48. The third kappa shape index (κ3) is 3.94. The highest BCUT2D eigenvalue weighted by atomic mass is 35.5. The van der Waals surface area contributed by atoms with Crippen LogP contribution in [0.5, 0.6) is 0 Å². The molecule has 0 atom stereocenters. The zero-order valence-electron chi connectivity index (χ0n) is 6.72. The van der Waals surface area contributed by atoms with Crippen molar-refractivity contribution in [1.29, 1.82) is 0 Å². The molecule has 66 valence electrons. The van der Waals surface area contributed by atoms with E-state index in [1.165, 1.54) is 25.7 Å². The van der Waals surface area contributed by atoms with Gasteiger partial charge in [-0.05, 0) is 12.8 Å². The van der Waals surface area contributed by atoms with Crippen molar-refractivity contribution in [2.24, 2.45) is 0 Å². The van der Waals surface area contributed by atoms with Crippen LogP contribution >= 0.6 is 11.6 Å². The van der Waals surface area contributed by atoms with Gasteiger partial charge in [-0.3, -0.25) is 0 Å². The molecule has 1 aliphatic carbocycles. The van der Waals surface area contributed by atoms with Crippen LogP contribution in [0.3, 0.4) is 0 Å². The zero-order chi connectivity index (χ0) is 7.94. The molecule has 11 heavy (non-hydrogen) atoms. The summed E-state index contributed by atoms with van der Waals surface area (Å²) >= 11 is 5.32. The molecule has 0 N–H and O–H groups in total. The van der Waals surface area contributed by atoms with Gasteiger partial charge in [-0.25, -0.2) is 0 Å². The van der Waals surface area contributed by atoms with Crippen LogP contribution in [0.1, 0.15) is 25.7 Å². The van der Waals surface area contributed by atoms with Crippen molar-refractivity contribution in [2.45, 2.75) is 31.8 Å². The minimum atomic E-state index is 0.272. The van der Waals surface area contributed by atoms with Crippen molar-refractivity contribution in [2.75, 3.05) is 19.3 Å².